The van der Waals surface area contributed by atoms with Gasteiger partial charge in [-0.15, -0.1) is 0 Å². The first-order valence-electron chi connectivity index (χ1n) is 9.41. The van der Waals surface area contributed by atoms with E-state index in [4.69, 9.17) is 23.8 Å². The number of thiocarbonyl (C=S) groups is 1. The number of pyridine rings is 1. The SMILES string of the molecule is Cc1cccc2cc(CN(CCN(C)C)C(=S)Nc3cccc(Cl)c3)c(=O)[nH]c12. The number of aromatic amines is 1. The third kappa shape index (κ3) is 5.56. The number of fused-ring (bicyclic) bond motifs is 1. The summed E-state index contributed by atoms with van der Waals surface area (Å²) in [5.74, 6) is 0. The van der Waals surface area contributed by atoms with E-state index in [1.807, 2.05) is 74.4 Å². The maximum absolute atomic E-state index is 12.7. The van der Waals surface area contributed by atoms with Crippen LogP contribution in [0.15, 0.2) is 53.3 Å². The Balaban J connectivity index is 1.87. The molecule has 0 aliphatic heterocycles. The fourth-order valence-electron chi connectivity index (χ4n) is 3.09. The van der Waals surface area contributed by atoms with Crippen molar-refractivity contribution >= 4 is 45.5 Å². The molecule has 0 spiro atoms. The summed E-state index contributed by atoms with van der Waals surface area (Å²) < 4.78 is 0. The number of hydrogen-bond donors (Lipinski definition) is 2. The van der Waals surface area contributed by atoms with Crippen molar-refractivity contribution in [3.63, 3.8) is 0 Å². The topological polar surface area (TPSA) is 51.4 Å². The first-order valence-corrected chi connectivity index (χ1v) is 10.2. The molecule has 0 radical (unpaired) electrons. The van der Waals surface area contributed by atoms with Crippen molar-refractivity contribution < 1.29 is 0 Å². The molecule has 3 rings (SSSR count). The predicted octanol–water partition coefficient (Wildman–Crippen LogP) is 4.25. The van der Waals surface area contributed by atoms with Gasteiger partial charge < -0.3 is 20.1 Å². The van der Waals surface area contributed by atoms with Crippen LogP contribution in [0.2, 0.25) is 5.02 Å². The third-order valence-corrected chi connectivity index (χ3v) is 5.30. The molecule has 0 atom stereocenters. The lowest BCUT2D eigenvalue weighted by molar-refractivity contribution is 0.327. The number of anilines is 1. The number of aryl methyl sites for hydroxylation is 1. The molecule has 1 aromatic heterocycles. The molecule has 7 heteroatoms. The van der Waals surface area contributed by atoms with Gasteiger partial charge in [0.25, 0.3) is 5.56 Å². The smallest absolute Gasteiger partial charge is 0.253 e. The highest BCUT2D eigenvalue weighted by molar-refractivity contribution is 7.80. The van der Waals surface area contributed by atoms with Crippen LogP contribution in [0.4, 0.5) is 5.69 Å². The summed E-state index contributed by atoms with van der Waals surface area (Å²) in [7, 11) is 4.02. The van der Waals surface area contributed by atoms with Crippen LogP contribution >= 0.6 is 23.8 Å². The predicted molar refractivity (Wildman–Crippen MR) is 126 cm³/mol. The number of rotatable bonds is 6. The van der Waals surface area contributed by atoms with Crippen LogP contribution in [0, 0.1) is 6.92 Å². The molecular weight excluding hydrogens is 404 g/mol. The zero-order valence-corrected chi connectivity index (χ0v) is 18.4. The van der Waals surface area contributed by atoms with Crippen LogP contribution in [0.3, 0.4) is 0 Å². The minimum absolute atomic E-state index is 0.0905. The van der Waals surface area contributed by atoms with Gasteiger partial charge in [0.2, 0.25) is 0 Å². The molecule has 2 N–H and O–H groups in total. The Morgan fingerprint density at radius 1 is 1.14 bits per heavy atom. The van der Waals surface area contributed by atoms with Crippen molar-refractivity contribution in [2.75, 3.05) is 32.5 Å². The van der Waals surface area contributed by atoms with Gasteiger partial charge in [0.15, 0.2) is 5.11 Å². The molecule has 5 nitrogen and oxygen atoms in total. The quantitative estimate of drug-likeness (QED) is 0.575. The molecule has 0 aliphatic carbocycles. The average Bonchev–Trinajstić information content (AvgIpc) is 2.66. The van der Waals surface area contributed by atoms with E-state index in [0.717, 1.165) is 28.7 Å². The summed E-state index contributed by atoms with van der Waals surface area (Å²) in [5.41, 5.74) is 3.33. The van der Waals surface area contributed by atoms with Crippen molar-refractivity contribution in [1.82, 2.24) is 14.8 Å². The van der Waals surface area contributed by atoms with E-state index in [0.29, 0.717) is 28.8 Å². The largest absolute Gasteiger partial charge is 0.343 e. The molecule has 29 heavy (non-hydrogen) atoms. The molecule has 0 fully saturated rings. The van der Waals surface area contributed by atoms with E-state index in [-0.39, 0.29) is 5.56 Å². The molecule has 0 saturated carbocycles. The van der Waals surface area contributed by atoms with E-state index >= 15 is 0 Å². The van der Waals surface area contributed by atoms with Gasteiger partial charge in [0.1, 0.15) is 0 Å². The summed E-state index contributed by atoms with van der Waals surface area (Å²) in [6.45, 7) is 3.90. The van der Waals surface area contributed by atoms with Gasteiger partial charge in [-0.3, -0.25) is 4.79 Å². The molecule has 0 bridgehead atoms. The summed E-state index contributed by atoms with van der Waals surface area (Å²) in [4.78, 5) is 19.8. The fraction of sp³-hybridized carbons (Fsp3) is 0.273. The van der Waals surface area contributed by atoms with Gasteiger partial charge in [-0.1, -0.05) is 35.9 Å². The monoisotopic (exact) mass is 428 g/mol. The lowest BCUT2D eigenvalue weighted by atomic mass is 10.1. The Labute approximate surface area is 181 Å². The zero-order valence-electron chi connectivity index (χ0n) is 16.8. The van der Waals surface area contributed by atoms with Crippen molar-refractivity contribution in [3.05, 3.63) is 75.0 Å². The number of H-pyrrole nitrogens is 1. The molecule has 1 heterocycles. The Kier molecular flexibility index (Phi) is 6.90. The normalized spacial score (nSPS) is 11.1. The van der Waals surface area contributed by atoms with Gasteiger partial charge in [-0.25, -0.2) is 0 Å². The number of halogens is 1. The summed E-state index contributed by atoms with van der Waals surface area (Å²) in [6.07, 6.45) is 0. The van der Waals surface area contributed by atoms with Crippen LogP contribution in [0.25, 0.3) is 10.9 Å². The minimum atomic E-state index is -0.0905. The minimum Gasteiger partial charge on any atom is -0.343 e. The second-order valence-corrected chi connectivity index (χ2v) is 8.15. The summed E-state index contributed by atoms with van der Waals surface area (Å²) >= 11 is 11.7. The number of nitrogens with zero attached hydrogens (tertiary/aromatic N) is 2. The molecule has 0 amide bonds. The Morgan fingerprint density at radius 3 is 2.62 bits per heavy atom. The second kappa shape index (κ2) is 9.39. The Hall–Kier alpha value is -2.41. The number of para-hydroxylation sites is 1. The van der Waals surface area contributed by atoms with Gasteiger partial charge in [-0.05, 0) is 68.5 Å². The van der Waals surface area contributed by atoms with Crippen LogP contribution in [0.1, 0.15) is 11.1 Å². The zero-order chi connectivity index (χ0) is 21.0. The van der Waals surface area contributed by atoms with Crippen molar-refractivity contribution in [2.45, 2.75) is 13.5 Å². The fourth-order valence-corrected chi connectivity index (χ4v) is 3.56. The summed E-state index contributed by atoms with van der Waals surface area (Å²) in [5, 5.41) is 5.44. The first kappa shape index (κ1) is 21.3. The molecular formula is C22H25ClN4OS. The van der Waals surface area contributed by atoms with Gasteiger partial charge >= 0.3 is 0 Å². The van der Waals surface area contributed by atoms with Crippen molar-refractivity contribution in [3.8, 4) is 0 Å². The Bertz CT molecular complexity index is 1080. The molecule has 0 unspecified atom stereocenters. The lowest BCUT2D eigenvalue weighted by Gasteiger charge is -2.27. The molecule has 0 saturated heterocycles. The van der Waals surface area contributed by atoms with Crippen molar-refractivity contribution in [2.24, 2.45) is 0 Å². The number of benzene rings is 2. The average molecular weight is 429 g/mol. The molecule has 152 valence electrons. The Morgan fingerprint density at radius 2 is 1.90 bits per heavy atom. The molecule has 2 aromatic carbocycles. The number of hydrogen-bond acceptors (Lipinski definition) is 3. The maximum Gasteiger partial charge on any atom is 0.253 e. The number of nitrogens with one attached hydrogen (secondary N) is 2. The summed E-state index contributed by atoms with van der Waals surface area (Å²) in [6, 6.07) is 15.4. The van der Waals surface area contributed by atoms with Gasteiger partial charge in [-0.2, -0.15) is 0 Å². The van der Waals surface area contributed by atoms with Gasteiger partial charge in [0, 0.05) is 29.4 Å². The van der Waals surface area contributed by atoms with E-state index < -0.39 is 0 Å². The van der Waals surface area contributed by atoms with E-state index in [1.54, 1.807) is 0 Å². The highest BCUT2D eigenvalue weighted by Crippen LogP contribution is 2.18. The second-order valence-electron chi connectivity index (χ2n) is 7.33. The van der Waals surface area contributed by atoms with Crippen LogP contribution in [-0.2, 0) is 6.54 Å². The number of likely N-dealkylation sites (N-methyl/N-ethyl adjacent to an activating group) is 1. The number of aromatic nitrogens is 1. The van der Waals surface area contributed by atoms with E-state index in [9.17, 15) is 4.79 Å². The molecule has 3 aromatic rings. The maximum atomic E-state index is 12.7. The highest BCUT2D eigenvalue weighted by Gasteiger charge is 2.14. The van der Waals surface area contributed by atoms with E-state index in [2.05, 4.69) is 15.2 Å². The molecule has 0 aliphatic rings. The van der Waals surface area contributed by atoms with Crippen LogP contribution in [0.5, 0.6) is 0 Å². The lowest BCUT2D eigenvalue weighted by Crippen LogP contribution is -2.40. The van der Waals surface area contributed by atoms with Crippen molar-refractivity contribution in [1.29, 1.82) is 0 Å². The third-order valence-electron chi connectivity index (χ3n) is 4.71. The van der Waals surface area contributed by atoms with E-state index in [1.165, 1.54) is 0 Å². The highest BCUT2D eigenvalue weighted by atomic mass is 35.5. The van der Waals surface area contributed by atoms with Crippen LogP contribution in [-0.4, -0.2) is 47.1 Å². The standard InChI is InChI=1S/C22H25ClN4OS/c1-15-6-4-7-16-12-17(21(28)25-20(15)16)14-27(11-10-26(2)3)22(29)24-19-9-5-8-18(23)13-19/h4-9,12-13H,10-11,14H2,1-3H3,(H,24,29)(H,25,28). The van der Waals surface area contributed by atoms with Crippen LogP contribution < -0.4 is 10.9 Å². The van der Waals surface area contributed by atoms with Gasteiger partial charge in [0.05, 0.1) is 12.1 Å². The first-order chi connectivity index (χ1) is 13.8.